The molecule has 1 heterocycles. The van der Waals surface area contributed by atoms with E-state index in [1.165, 1.54) is 16.7 Å². The number of aromatic nitrogens is 1. The minimum absolute atomic E-state index is 0.0712. The van der Waals surface area contributed by atoms with Gasteiger partial charge in [0.25, 0.3) is 5.91 Å². The highest BCUT2D eigenvalue weighted by Crippen LogP contribution is 2.30. The van der Waals surface area contributed by atoms with Crippen LogP contribution < -0.4 is 10.1 Å². The summed E-state index contributed by atoms with van der Waals surface area (Å²) in [7, 11) is 0. The highest BCUT2D eigenvalue weighted by molar-refractivity contribution is 7.13. The van der Waals surface area contributed by atoms with E-state index in [9.17, 15) is 26.7 Å². The number of nitrogens with one attached hydrogen (secondary N) is 1. The maximum Gasteiger partial charge on any atom is 0.416 e. The smallest absolute Gasteiger partial charge is 0.416 e. The predicted molar refractivity (Wildman–Crippen MR) is 118 cm³/mol. The second-order valence-electron chi connectivity index (χ2n) is 7.12. The minimum atomic E-state index is -4.46. The van der Waals surface area contributed by atoms with E-state index < -0.39 is 29.3 Å². The Hall–Kier alpha value is -3.79. The van der Waals surface area contributed by atoms with Crippen LogP contribution in [-0.2, 0) is 12.8 Å². The van der Waals surface area contributed by atoms with Crippen LogP contribution in [0.1, 0.15) is 21.6 Å². The lowest BCUT2D eigenvalue weighted by atomic mass is 10.2. The fourth-order valence-corrected chi connectivity index (χ4v) is 3.78. The summed E-state index contributed by atoms with van der Waals surface area (Å²) in [5.41, 5.74) is 0.182. The molecule has 4 nitrogen and oxygen atoms in total. The van der Waals surface area contributed by atoms with Gasteiger partial charge in [-0.05, 0) is 54.6 Å². The average Bonchev–Trinajstić information content (AvgIpc) is 3.30. The van der Waals surface area contributed by atoms with Crippen LogP contribution >= 0.6 is 11.3 Å². The third-order valence-corrected chi connectivity index (χ3v) is 5.58. The number of alkyl halides is 3. The van der Waals surface area contributed by atoms with Crippen molar-refractivity contribution in [1.82, 2.24) is 4.98 Å². The minimum Gasteiger partial charge on any atom is -0.489 e. The first-order chi connectivity index (χ1) is 16.2. The summed E-state index contributed by atoms with van der Waals surface area (Å²) in [5, 5.41) is 4.53. The van der Waals surface area contributed by atoms with E-state index >= 15 is 0 Å². The first-order valence-corrected chi connectivity index (χ1v) is 10.7. The molecule has 4 aromatic rings. The van der Waals surface area contributed by atoms with Crippen molar-refractivity contribution in [3.8, 4) is 16.3 Å². The molecule has 0 atom stereocenters. The molecular formula is C24H15F5N2O2S. The van der Waals surface area contributed by atoms with Crippen LogP contribution in [0.25, 0.3) is 10.6 Å². The fraction of sp³-hybridized carbons (Fsp3) is 0.0833. The van der Waals surface area contributed by atoms with Gasteiger partial charge in [0.15, 0.2) is 0 Å². The second kappa shape index (κ2) is 9.60. The fourth-order valence-electron chi connectivity index (χ4n) is 2.98. The number of thiazole rings is 1. The molecule has 174 valence electrons. The summed E-state index contributed by atoms with van der Waals surface area (Å²) in [4.78, 5) is 16.7. The normalized spacial score (nSPS) is 11.3. The van der Waals surface area contributed by atoms with Crippen LogP contribution in [0.2, 0.25) is 0 Å². The van der Waals surface area contributed by atoms with Crippen molar-refractivity contribution in [3.63, 3.8) is 0 Å². The lowest BCUT2D eigenvalue weighted by Gasteiger charge is -2.08. The van der Waals surface area contributed by atoms with Crippen LogP contribution in [0, 0.1) is 11.6 Å². The first-order valence-electron chi connectivity index (χ1n) is 9.80. The Bertz CT molecular complexity index is 1320. The molecule has 0 fully saturated rings. The number of ether oxygens (including phenoxy) is 1. The molecule has 0 bridgehead atoms. The van der Waals surface area contributed by atoms with E-state index in [0.29, 0.717) is 16.3 Å². The summed E-state index contributed by atoms with van der Waals surface area (Å²) in [6.45, 7) is -0.175. The van der Waals surface area contributed by atoms with Gasteiger partial charge in [-0.25, -0.2) is 13.8 Å². The molecule has 0 saturated carbocycles. The molecule has 0 radical (unpaired) electrons. The van der Waals surface area contributed by atoms with Crippen molar-refractivity contribution in [2.24, 2.45) is 0 Å². The maximum absolute atomic E-state index is 13.8. The number of carbonyl (C=O) groups is 1. The summed E-state index contributed by atoms with van der Waals surface area (Å²) in [5.74, 6) is -1.33. The highest BCUT2D eigenvalue weighted by atomic mass is 32.1. The quantitative estimate of drug-likeness (QED) is 0.298. The zero-order valence-corrected chi connectivity index (χ0v) is 18.0. The van der Waals surface area contributed by atoms with Crippen LogP contribution in [0.3, 0.4) is 0 Å². The van der Waals surface area contributed by atoms with Crippen LogP contribution in [0.5, 0.6) is 5.75 Å². The van der Waals surface area contributed by atoms with Crippen molar-refractivity contribution < 1.29 is 31.5 Å². The molecule has 0 aliphatic rings. The van der Waals surface area contributed by atoms with Crippen molar-refractivity contribution in [1.29, 1.82) is 0 Å². The number of amides is 1. The average molecular weight is 490 g/mol. The van der Waals surface area contributed by atoms with Crippen molar-refractivity contribution >= 4 is 22.9 Å². The SMILES string of the molecule is O=C(Nc1ccc(C(F)(F)F)cc1)c1csc(-c2cccc(OCc3cc(F)ccc3F)c2)n1. The number of hydrogen-bond donors (Lipinski definition) is 1. The van der Waals surface area contributed by atoms with Crippen molar-refractivity contribution in [2.45, 2.75) is 12.8 Å². The molecular weight excluding hydrogens is 475 g/mol. The largest absolute Gasteiger partial charge is 0.489 e. The number of hydrogen-bond acceptors (Lipinski definition) is 4. The Morgan fingerprint density at radius 3 is 2.50 bits per heavy atom. The molecule has 0 spiro atoms. The molecule has 3 aromatic carbocycles. The molecule has 4 rings (SSSR count). The predicted octanol–water partition coefficient (Wildman–Crippen LogP) is 6.94. The topological polar surface area (TPSA) is 51.2 Å². The third kappa shape index (κ3) is 5.57. The van der Waals surface area contributed by atoms with E-state index in [1.807, 2.05) is 0 Å². The number of nitrogens with zero attached hydrogens (tertiary/aromatic N) is 1. The molecule has 1 N–H and O–H groups in total. The lowest BCUT2D eigenvalue weighted by molar-refractivity contribution is -0.137. The van der Waals surface area contributed by atoms with Gasteiger partial charge in [-0.2, -0.15) is 13.2 Å². The van der Waals surface area contributed by atoms with Crippen LogP contribution in [0.15, 0.2) is 72.1 Å². The molecule has 0 saturated heterocycles. The van der Waals surface area contributed by atoms with Gasteiger partial charge in [-0.3, -0.25) is 4.79 Å². The number of halogens is 5. The zero-order chi connectivity index (χ0) is 24.3. The molecule has 10 heteroatoms. The van der Waals surface area contributed by atoms with E-state index in [0.717, 1.165) is 42.5 Å². The molecule has 34 heavy (non-hydrogen) atoms. The van der Waals surface area contributed by atoms with Crippen molar-refractivity contribution in [3.05, 3.63) is 101 Å². The highest BCUT2D eigenvalue weighted by Gasteiger charge is 2.30. The van der Waals surface area contributed by atoms with E-state index in [1.54, 1.807) is 24.3 Å². The zero-order valence-electron chi connectivity index (χ0n) is 17.2. The monoisotopic (exact) mass is 490 g/mol. The van der Waals surface area contributed by atoms with Gasteiger partial charge in [-0.1, -0.05) is 12.1 Å². The number of benzene rings is 3. The van der Waals surface area contributed by atoms with Gasteiger partial charge in [0, 0.05) is 22.2 Å². The lowest BCUT2D eigenvalue weighted by Crippen LogP contribution is -2.12. The van der Waals surface area contributed by atoms with Gasteiger partial charge < -0.3 is 10.1 Å². The number of rotatable bonds is 6. The van der Waals surface area contributed by atoms with Gasteiger partial charge in [0.1, 0.15) is 34.7 Å². The summed E-state index contributed by atoms with van der Waals surface area (Å²) < 4.78 is 70.7. The Balaban J connectivity index is 1.43. The van der Waals surface area contributed by atoms with Gasteiger partial charge in [0.05, 0.1) is 5.56 Å². The second-order valence-corrected chi connectivity index (χ2v) is 7.98. The van der Waals surface area contributed by atoms with Crippen LogP contribution in [-0.4, -0.2) is 10.9 Å². The standard InChI is InChI=1S/C24H15F5N2O2S/c25-17-6-9-20(26)15(10-17)12-33-19-3-1-2-14(11-19)23-31-21(13-34-23)22(32)30-18-7-4-16(5-8-18)24(27,28)29/h1-11,13H,12H2,(H,30,32). The Morgan fingerprint density at radius 2 is 1.76 bits per heavy atom. The Morgan fingerprint density at radius 1 is 1.00 bits per heavy atom. The number of carbonyl (C=O) groups excluding carboxylic acids is 1. The molecule has 0 aliphatic heterocycles. The van der Waals surface area contributed by atoms with Gasteiger partial charge in [-0.15, -0.1) is 11.3 Å². The summed E-state index contributed by atoms with van der Waals surface area (Å²) in [6, 6.07) is 13.9. The van der Waals surface area contributed by atoms with E-state index in [-0.39, 0.29) is 23.6 Å². The third-order valence-electron chi connectivity index (χ3n) is 4.69. The molecule has 0 unspecified atom stereocenters. The molecule has 0 aliphatic carbocycles. The summed E-state index contributed by atoms with van der Waals surface area (Å²) >= 11 is 1.19. The van der Waals surface area contributed by atoms with Crippen molar-refractivity contribution in [2.75, 3.05) is 5.32 Å². The molecule has 1 aromatic heterocycles. The van der Waals surface area contributed by atoms with Gasteiger partial charge in [0.2, 0.25) is 0 Å². The number of anilines is 1. The first kappa shape index (κ1) is 23.4. The Kier molecular flexibility index (Phi) is 6.60. The van der Waals surface area contributed by atoms with Crippen LogP contribution in [0.4, 0.5) is 27.6 Å². The molecule has 1 amide bonds. The Labute approximate surface area is 194 Å². The van der Waals surface area contributed by atoms with E-state index in [2.05, 4.69) is 10.3 Å². The van der Waals surface area contributed by atoms with Gasteiger partial charge >= 0.3 is 6.18 Å². The summed E-state index contributed by atoms with van der Waals surface area (Å²) in [6.07, 6.45) is -4.46. The maximum atomic E-state index is 13.8. The van der Waals surface area contributed by atoms with E-state index in [4.69, 9.17) is 4.74 Å².